The number of hydrogen-bond acceptors (Lipinski definition) is 5. The van der Waals surface area contributed by atoms with Gasteiger partial charge in [-0.1, -0.05) is 66.7 Å². The first-order valence-electron chi connectivity index (χ1n) is 11.7. The molecule has 0 saturated carbocycles. The molecular weight excluding hydrogens is 488 g/mol. The van der Waals surface area contributed by atoms with Crippen LogP contribution in [-0.4, -0.2) is 32.9 Å². The van der Waals surface area contributed by atoms with E-state index in [1.807, 2.05) is 60.7 Å². The Morgan fingerprint density at radius 3 is 1.92 bits per heavy atom. The fraction of sp³-hybridized carbons (Fsp3) is 0.138. The summed E-state index contributed by atoms with van der Waals surface area (Å²) >= 11 is 0. The molecule has 7 nitrogen and oxygen atoms in total. The van der Waals surface area contributed by atoms with Crippen LogP contribution in [0.1, 0.15) is 11.1 Å². The molecule has 0 saturated heterocycles. The average molecular weight is 517 g/mol. The molecule has 0 bridgehead atoms. The molecule has 37 heavy (non-hydrogen) atoms. The lowest BCUT2D eigenvalue weighted by Gasteiger charge is -2.23. The van der Waals surface area contributed by atoms with Gasteiger partial charge in [0.1, 0.15) is 11.5 Å². The minimum atomic E-state index is -3.81. The molecule has 1 N–H and O–H groups in total. The summed E-state index contributed by atoms with van der Waals surface area (Å²) in [5, 5.41) is 0. The molecule has 190 valence electrons. The first kappa shape index (κ1) is 25.8. The van der Waals surface area contributed by atoms with Crippen molar-refractivity contribution in [3.63, 3.8) is 0 Å². The number of amides is 1. The number of benzene rings is 4. The van der Waals surface area contributed by atoms with Crippen molar-refractivity contribution in [1.29, 1.82) is 0 Å². The van der Waals surface area contributed by atoms with Crippen LogP contribution in [0.15, 0.2) is 114 Å². The predicted molar refractivity (Wildman–Crippen MR) is 143 cm³/mol. The smallest absolute Gasteiger partial charge is 0.261 e. The van der Waals surface area contributed by atoms with E-state index < -0.39 is 10.0 Å². The minimum Gasteiger partial charge on any atom is -0.497 e. The molecule has 0 heterocycles. The van der Waals surface area contributed by atoms with Crippen molar-refractivity contribution in [2.75, 3.05) is 18.4 Å². The Balaban J connectivity index is 1.40. The fourth-order valence-corrected chi connectivity index (χ4v) is 4.74. The largest absolute Gasteiger partial charge is 0.497 e. The Morgan fingerprint density at radius 2 is 1.35 bits per heavy atom. The number of nitrogens with one attached hydrogen (secondary N) is 1. The van der Waals surface area contributed by atoms with Crippen LogP contribution < -0.4 is 14.2 Å². The molecule has 0 radical (unpaired) electrons. The summed E-state index contributed by atoms with van der Waals surface area (Å²) in [4.78, 5) is 14.9. The van der Waals surface area contributed by atoms with Crippen molar-refractivity contribution in [1.82, 2.24) is 4.90 Å². The van der Waals surface area contributed by atoms with Crippen LogP contribution in [0.5, 0.6) is 11.5 Å². The van der Waals surface area contributed by atoms with Gasteiger partial charge in [-0.25, -0.2) is 8.42 Å². The number of hydrogen-bond donors (Lipinski definition) is 1. The first-order valence-corrected chi connectivity index (χ1v) is 13.2. The third-order valence-electron chi connectivity index (χ3n) is 5.60. The van der Waals surface area contributed by atoms with E-state index in [0.29, 0.717) is 30.3 Å². The fourth-order valence-electron chi connectivity index (χ4n) is 3.69. The van der Waals surface area contributed by atoms with Gasteiger partial charge in [0, 0.05) is 19.2 Å². The number of sulfonamides is 1. The lowest BCUT2D eigenvalue weighted by atomic mass is 10.1. The van der Waals surface area contributed by atoms with Crippen molar-refractivity contribution in [3.05, 3.63) is 120 Å². The molecule has 0 fully saturated rings. The van der Waals surface area contributed by atoms with E-state index in [0.717, 1.165) is 11.1 Å². The zero-order valence-electron chi connectivity index (χ0n) is 20.4. The van der Waals surface area contributed by atoms with Gasteiger partial charge in [-0.15, -0.1) is 0 Å². The van der Waals surface area contributed by atoms with Crippen molar-refractivity contribution in [2.45, 2.75) is 18.0 Å². The van der Waals surface area contributed by atoms with Gasteiger partial charge in [0.2, 0.25) is 0 Å². The third-order valence-corrected chi connectivity index (χ3v) is 7.00. The summed E-state index contributed by atoms with van der Waals surface area (Å²) in [6.45, 7) is 0.726. The van der Waals surface area contributed by atoms with E-state index in [9.17, 15) is 13.2 Å². The SMILES string of the molecule is COc1cccc(NS(=O)(=O)c2ccc(OCC(=O)N(Cc3ccccc3)Cc3ccccc3)cc2)c1. The highest BCUT2D eigenvalue weighted by Gasteiger charge is 2.17. The highest BCUT2D eigenvalue weighted by atomic mass is 32.2. The summed E-state index contributed by atoms with van der Waals surface area (Å²) < 4.78 is 38.9. The van der Waals surface area contributed by atoms with Crippen LogP contribution >= 0.6 is 0 Å². The number of nitrogens with zero attached hydrogens (tertiary/aromatic N) is 1. The topological polar surface area (TPSA) is 84.9 Å². The number of carbonyl (C=O) groups is 1. The minimum absolute atomic E-state index is 0.0729. The van der Waals surface area contributed by atoms with Crippen molar-refractivity contribution < 1.29 is 22.7 Å². The van der Waals surface area contributed by atoms with Crippen LogP contribution in [0.4, 0.5) is 5.69 Å². The second-order valence-corrected chi connectivity index (χ2v) is 10.0. The van der Waals surface area contributed by atoms with E-state index in [1.54, 1.807) is 29.2 Å². The van der Waals surface area contributed by atoms with Gasteiger partial charge in [-0.05, 0) is 47.5 Å². The number of methoxy groups -OCH3 is 1. The van der Waals surface area contributed by atoms with Gasteiger partial charge in [0.25, 0.3) is 15.9 Å². The van der Waals surface area contributed by atoms with Crippen molar-refractivity contribution in [3.8, 4) is 11.5 Å². The number of rotatable bonds is 11. The maximum absolute atomic E-state index is 13.1. The summed E-state index contributed by atoms with van der Waals surface area (Å²) in [5.74, 6) is 0.763. The second-order valence-electron chi connectivity index (χ2n) is 8.32. The van der Waals surface area contributed by atoms with Gasteiger partial charge in [-0.3, -0.25) is 9.52 Å². The zero-order valence-corrected chi connectivity index (χ0v) is 21.2. The molecule has 0 aliphatic carbocycles. The highest BCUT2D eigenvalue weighted by molar-refractivity contribution is 7.92. The quantitative estimate of drug-likeness (QED) is 0.300. The molecular formula is C29H28N2O5S. The lowest BCUT2D eigenvalue weighted by Crippen LogP contribution is -2.34. The van der Waals surface area contributed by atoms with Gasteiger partial charge >= 0.3 is 0 Å². The maximum atomic E-state index is 13.1. The molecule has 0 aromatic heterocycles. The van der Waals surface area contributed by atoms with Crippen molar-refractivity contribution in [2.24, 2.45) is 0 Å². The summed E-state index contributed by atoms with van der Waals surface area (Å²) in [6.07, 6.45) is 0. The molecule has 4 aromatic carbocycles. The second kappa shape index (κ2) is 12.1. The Morgan fingerprint density at radius 1 is 0.757 bits per heavy atom. The van der Waals surface area contributed by atoms with Gasteiger partial charge in [-0.2, -0.15) is 0 Å². The lowest BCUT2D eigenvalue weighted by molar-refractivity contribution is -0.134. The monoisotopic (exact) mass is 516 g/mol. The van der Waals surface area contributed by atoms with Crippen LogP contribution in [0.3, 0.4) is 0 Å². The highest BCUT2D eigenvalue weighted by Crippen LogP contribution is 2.22. The van der Waals surface area contributed by atoms with E-state index in [2.05, 4.69) is 4.72 Å². The van der Waals surface area contributed by atoms with Gasteiger partial charge in [0.15, 0.2) is 6.61 Å². The van der Waals surface area contributed by atoms with Crippen LogP contribution in [0.25, 0.3) is 0 Å². The Hall–Kier alpha value is -4.30. The van der Waals surface area contributed by atoms with E-state index >= 15 is 0 Å². The first-order chi connectivity index (χ1) is 17.9. The molecule has 0 aliphatic rings. The van der Waals surface area contributed by atoms with Crippen LogP contribution in [0, 0.1) is 0 Å². The van der Waals surface area contributed by atoms with E-state index in [1.165, 1.54) is 31.4 Å². The Kier molecular flexibility index (Phi) is 8.43. The molecule has 4 rings (SSSR count). The standard InChI is InChI=1S/C29H28N2O5S/c1-35-27-14-8-13-25(19-27)30-37(33,34)28-17-15-26(16-18-28)36-22-29(32)31(20-23-9-4-2-5-10-23)21-24-11-6-3-7-12-24/h2-19,30H,20-22H2,1H3. The molecule has 1 amide bonds. The number of ether oxygens (including phenoxy) is 2. The van der Waals surface area contributed by atoms with E-state index in [-0.39, 0.29) is 17.4 Å². The zero-order chi connectivity index (χ0) is 26.1. The van der Waals surface area contributed by atoms with E-state index in [4.69, 9.17) is 9.47 Å². The third kappa shape index (κ3) is 7.35. The number of anilines is 1. The van der Waals surface area contributed by atoms with Crippen LogP contribution in [0.2, 0.25) is 0 Å². The molecule has 0 atom stereocenters. The molecule has 0 aliphatic heterocycles. The van der Waals surface area contributed by atoms with Crippen LogP contribution in [-0.2, 0) is 27.9 Å². The predicted octanol–water partition coefficient (Wildman–Crippen LogP) is 5.10. The Labute approximate surface area is 217 Å². The molecule has 8 heteroatoms. The molecule has 0 spiro atoms. The summed E-state index contributed by atoms with van der Waals surface area (Å²) in [6, 6.07) is 32.1. The normalized spacial score (nSPS) is 10.9. The Bertz CT molecular complexity index is 1370. The van der Waals surface area contributed by atoms with Crippen molar-refractivity contribution >= 4 is 21.6 Å². The average Bonchev–Trinajstić information content (AvgIpc) is 2.92. The van der Waals surface area contributed by atoms with Gasteiger partial charge < -0.3 is 14.4 Å². The molecule has 4 aromatic rings. The van der Waals surface area contributed by atoms with Gasteiger partial charge in [0.05, 0.1) is 17.7 Å². The maximum Gasteiger partial charge on any atom is 0.261 e. The summed E-state index contributed by atoms with van der Waals surface area (Å²) in [5.41, 5.74) is 2.43. The summed E-state index contributed by atoms with van der Waals surface area (Å²) in [7, 11) is -2.29. The number of carbonyl (C=O) groups excluding carboxylic acids is 1. The molecule has 0 unspecified atom stereocenters.